The summed E-state index contributed by atoms with van der Waals surface area (Å²) in [7, 11) is -2.50. The second kappa shape index (κ2) is 8.10. The van der Waals surface area contributed by atoms with Gasteiger partial charge in [0.1, 0.15) is 22.6 Å². The van der Waals surface area contributed by atoms with E-state index < -0.39 is 32.5 Å². The summed E-state index contributed by atoms with van der Waals surface area (Å²) in [6.45, 7) is 1.33. The van der Waals surface area contributed by atoms with Gasteiger partial charge in [-0.15, -0.1) is 6.42 Å². The molecule has 0 fully saturated rings. The number of terminal acetylenes is 1. The molecule has 14 heteroatoms. The Hall–Kier alpha value is -3.99. The van der Waals surface area contributed by atoms with Crippen LogP contribution in [0.1, 0.15) is 23.0 Å². The summed E-state index contributed by atoms with van der Waals surface area (Å²) in [5.41, 5.74) is -1.16. The number of hydrogen-bond acceptors (Lipinski definition) is 7. The number of halogens is 3. The second-order valence-corrected chi connectivity index (χ2v) is 9.29. The third kappa shape index (κ3) is 3.73. The van der Waals surface area contributed by atoms with Crippen molar-refractivity contribution < 1.29 is 26.4 Å². The maximum absolute atomic E-state index is 13.2. The number of carbonyl (C=O) groups excluding carboxylic acids is 1. The number of nitrogens with zero attached hydrogens (tertiary/aromatic N) is 6. The lowest BCUT2D eigenvalue weighted by Gasteiger charge is -2.05. The molecule has 176 valence electrons. The molecule has 0 aliphatic rings. The molecule has 4 aromatic rings. The summed E-state index contributed by atoms with van der Waals surface area (Å²) in [5, 5.41) is 6.17. The maximum atomic E-state index is 13.2. The first-order valence-corrected chi connectivity index (χ1v) is 11.4. The fourth-order valence-electron chi connectivity index (χ4n) is 3.32. The molecule has 0 unspecified atom stereocenters. The maximum Gasteiger partial charge on any atom is 0.417 e. The Morgan fingerprint density at radius 1 is 1.26 bits per heavy atom. The molecule has 4 heterocycles. The molecule has 0 saturated heterocycles. The largest absolute Gasteiger partial charge is 0.417 e. The Bertz CT molecular complexity index is 1600. The van der Waals surface area contributed by atoms with Crippen LogP contribution in [0.25, 0.3) is 28.2 Å². The number of rotatable bonds is 5. The van der Waals surface area contributed by atoms with Crippen LogP contribution < -0.4 is 5.32 Å². The van der Waals surface area contributed by atoms with Crippen LogP contribution in [0.2, 0.25) is 0 Å². The molecule has 34 heavy (non-hydrogen) atoms. The smallest absolute Gasteiger partial charge is 0.340 e. The number of nitrogens with one attached hydrogen (secondary N) is 1. The minimum Gasteiger partial charge on any atom is -0.340 e. The molecule has 0 radical (unpaired) electrons. The first-order valence-electron chi connectivity index (χ1n) is 9.71. The third-order valence-corrected chi connectivity index (χ3v) is 6.64. The van der Waals surface area contributed by atoms with E-state index in [0.717, 1.165) is 10.6 Å². The van der Waals surface area contributed by atoms with Crippen molar-refractivity contribution in [3.8, 4) is 23.7 Å². The monoisotopic (exact) mass is 491 g/mol. The van der Waals surface area contributed by atoms with Crippen LogP contribution in [0.5, 0.6) is 0 Å². The summed E-state index contributed by atoms with van der Waals surface area (Å²) >= 11 is 0. The van der Waals surface area contributed by atoms with E-state index in [1.807, 2.05) is 0 Å². The molecule has 0 aliphatic carbocycles. The molecule has 0 bridgehead atoms. The van der Waals surface area contributed by atoms with E-state index in [0.29, 0.717) is 6.20 Å². The Morgan fingerprint density at radius 2 is 2.00 bits per heavy atom. The highest BCUT2D eigenvalue weighted by Gasteiger charge is 2.33. The molecule has 1 amide bonds. The first-order chi connectivity index (χ1) is 16.0. The van der Waals surface area contributed by atoms with Gasteiger partial charge in [-0.3, -0.25) is 4.79 Å². The van der Waals surface area contributed by atoms with Gasteiger partial charge in [-0.2, -0.15) is 18.3 Å². The quantitative estimate of drug-likeness (QED) is 0.423. The van der Waals surface area contributed by atoms with Crippen molar-refractivity contribution in [2.45, 2.75) is 18.1 Å². The molecule has 0 saturated carbocycles. The number of aromatic nitrogens is 6. The van der Waals surface area contributed by atoms with Gasteiger partial charge in [0, 0.05) is 19.4 Å². The standard InChI is InChI=1S/C20H16F3N7O3S/c1-4-7-25-18(31)13-6-8-24-16-14(19(28-30(13)16)34(32,33)5-2)17-27-12-9-11(20(21,22)23)10-26-15(12)29(17)3/h1,6,8-10H,5,7H2,2-3H3,(H,25,31). The summed E-state index contributed by atoms with van der Waals surface area (Å²) in [5.74, 6) is 1.27. The molecule has 10 nitrogen and oxygen atoms in total. The number of aryl methyl sites for hydroxylation is 1. The summed E-state index contributed by atoms with van der Waals surface area (Å²) in [4.78, 5) is 24.8. The molecule has 0 atom stereocenters. The molecule has 4 rings (SSSR count). The van der Waals surface area contributed by atoms with Crippen molar-refractivity contribution in [2.24, 2.45) is 7.05 Å². The van der Waals surface area contributed by atoms with Gasteiger partial charge in [-0.1, -0.05) is 12.8 Å². The minimum absolute atomic E-state index is 0.0301. The van der Waals surface area contributed by atoms with Gasteiger partial charge >= 0.3 is 6.18 Å². The highest BCUT2D eigenvalue weighted by atomic mass is 32.2. The Balaban J connectivity index is 2.04. The van der Waals surface area contributed by atoms with Crippen LogP contribution in [-0.2, 0) is 23.1 Å². The molecule has 4 aromatic heterocycles. The van der Waals surface area contributed by atoms with Crippen molar-refractivity contribution in [1.29, 1.82) is 0 Å². The molecular weight excluding hydrogens is 475 g/mol. The summed E-state index contributed by atoms with van der Waals surface area (Å²) in [6.07, 6.45) is 2.48. The van der Waals surface area contributed by atoms with Crippen LogP contribution in [0, 0.1) is 12.3 Å². The zero-order valence-corrected chi connectivity index (χ0v) is 18.6. The highest BCUT2D eigenvalue weighted by molar-refractivity contribution is 7.91. The van der Waals surface area contributed by atoms with Crippen molar-refractivity contribution >= 4 is 32.6 Å². The minimum atomic E-state index is -4.64. The van der Waals surface area contributed by atoms with E-state index in [1.165, 1.54) is 30.8 Å². The van der Waals surface area contributed by atoms with Crippen molar-refractivity contribution in [2.75, 3.05) is 12.3 Å². The van der Waals surface area contributed by atoms with E-state index in [-0.39, 0.29) is 46.2 Å². The molecule has 0 aliphatic heterocycles. The van der Waals surface area contributed by atoms with Gasteiger partial charge in [-0.05, 0) is 12.1 Å². The van der Waals surface area contributed by atoms with E-state index in [4.69, 9.17) is 6.42 Å². The zero-order chi connectivity index (χ0) is 24.8. The Morgan fingerprint density at radius 3 is 2.65 bits per heavy atom. The van der Waals surface area contributed by atoms with Gasteiger partial charge in [0.15, 0.2) is 26.2 Å². The fourth-order valence-corrected chi connectivity index (χ4v) is 4.30. The van der Waals surface area contributed by atoms with Crippen molar-refractivity contribution in [3.63, 3.8) is 0 Å². The normalized spacial score (nSPS) is 12.2. The second-order valence-electron chi connectivity index (χ2n) is 7.09. The number of carbonyl (C=O) groups is 1. The number of pyridine rings is 1. The van der Waals surface area contributed by atoms with Gasteiger partial charge < -0.3 is 9.88 Å². The molecule has 0 spiro atoms. The average molecular weight is 491 g/mol. The number of sulfone groups is 1. The number of amides is 1. The van der Waals surface area contributed by atoms with Gasteiger partial charge in [0.25, 0.3) is 5.91 Å². The number of fused-ring (bicyclic) bond motifs is 2. The van der Waals surface area contributed by atoms with Crippen molar-refractivity contribution in [3.05, 3.63) is 35.8 Å². The van der Waals surface area contributed by atoms with Gasteiger partial charge in [-0.25, -0.2) is 27.9 Å². The Kier molecular flexibility index (Phi) is 5.52. The molecule has 1 N–H and O–H groups in total. The predicted octanol–water partition coefficient (Wildman–Crippen LogP) is 1.85. The van der Waals surface area contributed by atoms with Crippen LogP contribution in [0.4, 0.5) is 13.2 Å². The highest BCUT2D eigenvalue weighted by Crippen LogP contribution is 2.34. The van der Waals surface area contributed by atoms with E-state index in [9.17, 15) is 26.4 Å². The fraction of sp³-hybridized carbons (Fsp3) is 0.250. The summed E-state index contributed by atoms with van der Waals surface area (Å²) < 4.78 is 67.6. The lowest BCUT2D eigenvalue weighted by Crippen LogP contribution is -2.26. The molecule has 0 aromatic carbocycles. The number of hydrogen-bond donors (Lipinski definition) is 1. The SMILES string of the molecule is C#CCNC(=O)c1ccnc2c(-c3nc4cc(C(F)(F)F)cnc4n3C)c(S(=O)(=O)CC)nn12. The lowest BCUT2D eigenvalue weighted by molar-refractivity contribution is -0.137. The lowest BCUT2D eigenvalue weighted by atomic mass is 10.2. The van der Waals surface area contributed by atoms with Crippen molar-refractivity contribution in [1.82, 2.24) is 34.4 Å². The summed E-state index contributed by atoms with van der Waals surface area (Å²) in [6, 6.07) is 2.14. The van der Waals surface area contributed by atoms with Crippen LogP contribution in [-0.4, -0.2) is 55.8 Å². The zero-order valence-electron chi connectivity index (χ0n) is 17.8. The predicted molar refractivity (Wildman–Crippen MR) is 114 cm³/mol. The third-order valence-electron chi connectivity index (χ3n) is 5.00. The molecular formula is C20H16F3N7O3S. The van der Waals surface area contributed by atoms with Gasteiger partial charge in [0.05, 0.1) is 17.9 Å². The van der Waals surface area contributed by atoms with E-state index in [1.54, 1.807) is 0 Å². The van der Waals surface area contributed by atoms with Crippen LogP contribution in [0.3, 0.4) is 0 Å². The number of alkyl halides is 3. The van der Waals surface area contributed by atoms with Crippen LogP contribution in [0.15, 0.2) is 29.6 Å². The van der Waals surface area contributed by atoms with Gasteiger partial charge in [0.2, 0.25) is 0 Å². The van der Waals surface area contributed by atoms with E-state index in [2.05, 4.69) is 31.3 Å². The average Bonchev–Trinajstić information content (AvgIpc) is 3.34. The Labute approximate surface area is 190 Å². The van der Waals surface area contributed by atoms with E-state index >= 15 is 0 Å². The van der Waals surface area contributed by atoms with Crippen LogP contribution >= 0.6 is 0 Å². The number of imidazole rings is 1. The first kappa shape index (κ1) is 23.2. The topological polar surface area (TPSA) is 124 Å².